The summed E-state index contributed by atoms with van der Waals surface area (Å²) in [5.41, 5.74) is 2.36. The van der Waals surface area contributed by atoms with Crippen molar-refractivity contribution in [3.05, 3.63) is 76.3 Å². The van der Waals surface area contributed by atoms with E-state index in [9.17, 15) is 4.79 Å². The molecule has 0 bridgehead atoms. The van der Waals surface area contributed by atoms with Gasteiger partial charge in [-0.15, -0.1) is 0 Å². The highest BCUT2D eigenvalue weighted by Crippen LogP contribution is 2.13. The molecule has 0 spiro atoms. The van der Waals surface area contributed by atoms with Gasteiger partial charge in [-0.2, -0.15) is 0 Å². The molecular formula is C20H21BrN2O. The molecule has 124 valence electrons. The Morgan fingerprint density at radius 1 is 0.958 bits per heavy atom. The number of hydrogen-bond donors (Lipinski definition) is 0. The monoisotopic (exact) mass is 384 g/mol. The van der Waals surface area contributed by atoms with Crippen molar-refractivity contribution >= 4 is 27.9 Å². The molecule has 1 heterocycles. The van der Waals surface area contributed by atoms with E-state index in [2.05, 4.69) is 45.1 Å². The van der Waals surface area contributed by atoms with Gasteiger partial charge < -0.3 is 4.90 Å². The maximum atomic E-state index is 12.3. The van der Waals surface area contributed by atoms with Gasteiger partial charge >= 0.3 is 0 Å². The van der Waals surface area contributed by atoms with Crippen LogP contribution in [-0.2, 0) is 11.3 Å². The van der Waals surface area contributed by atoms with Crippen molar-refractivity contribution in [1.82, 2.24) is 9.80 Å². The van der Waals surface area contributed by atoms with E-state index >= 15 is 0 Å². The molecule has 0 aromatic heterocycles. The molecule has 1 saturated heterocycles. The van der Waals surface area contributed by atoms with Crippen LogP contribution >= 0.6 is 15.9 Å². The third-order valence-corrected chi connectivity index (χ3v) is 4.75. The van der Waals surface area contributed by atoms with E-state index in [1.165, 1.54) is 5.56 Å². The van der Waals surface area contributed by atoms with Crippen molar-refractivity contribution < 1.29 is 4.79 Å². The zero-order valence-electron chi connectivity index (χ0n) is 13.6. The van der Waals surface area contributed by atoms with E-state index in [-0.39, 0.29) is 5.91 Å². The van der Waals surface area contributed by atoms with Gasteiger partial charge in [0.05, 0.1) is 0 Å². The molecule has 0 saturated carbocycles. The quantitative estimate of drug-likeness (QED) is 0.748. The second-order valence-electron chi connectivity index (χ2n) is 5.97. The lowest BCUT2D eigenvalue weighted by atomic mass is 10.2. The molecule has 3 rings (SSSR count). The zero-order chi connectivity index (χ0) is 16.8. The van der Waals surface area contributed by atoms with Crippen LogP contribution in [0, 0.1) is 0 Å². The van der Waals surface area contributed by atoms with Crippen molar-refractivity contribution in [2.24, 2.45) is 0 Å². The maximum absolute atomic E-state index is 12.3. The highest BCUT2D eigenvalue weighted by molar-refractivity contribution is 9.10. The van der Waals surface area contributed by atoms with Crippen LogP contribution in [0.25, 0.3) is 6.08 Å². The van der Waals surface area contributed by atoms with Gasteiger partial charge in [0.1, 0.15) is 0 Å². The van der Waals surface area contributed by atoms with Gasteiger partial charge in [-0.05, 0) is 29.3 Å². The minimum Gasteiger partial charge on any atom is -0.337 e. The highest BCUT2D eigenvalue weighted by atomic mass is 79.9. The number of hydrogen-bond acceptors (Lipinski definition) is 2. The third kappa shape index (κ3) is 4.79. The topological polar surface area (TPSA) is 23.6 Å². The van der Waals surface area contributed by atoms with Gasteiger partial charge in [-0.3, -0.25) is 9.69 Å². The van der Waals surface area contributed by atoms with Gasteiger partial charge in [0.25, 0.3) is 0 Å². The molecule has 1 aliphatic rings. The average Bonchev–Trinajstić information content (AvgIpc) is 2.63. The summed E-state index contributed by atoms with van der Waals surface area (Å²) in [7, 11) is 0. The fourth-order valence-corrected chi connectivity index (χ4v) is 3.08. The van der Waals surface area contributed by atoms with Crippen LogP contribution in [0.5, 0.6) is 0 Å². The second kappa shape index (κ2) is 8.27. The Kier molecular flexibility index (Phi) is 5.83. The Hall–Kier alpha value is -1.91. The first-order chi connectivity index (χ1) is 11.7. The molecule has 4 heteroatoms. The third-order valence-electron chi connectivity index (χ3n) is 4.22. The fourth-order valence-electron chi connectivity index (χ4n) is 2.81. The number of carbonyl (C=O) groups is 1. The number of halogens is 1. The van der Waals surface area contributed by atoms with E-state index in [0.29, 0.717) is 0 Å². The molecule has 1 fully saturated rings. The molecule has 2 aromatic rings. The molecule has 3 nitrogen and oxygen atoms in total. The Bertz CT molecular complexity index is 689. The van der Waals surface area contributed by atoms with Gasteiger partial charge in [-0.25, -0.2) is 0 Å². The molecular weight excluding hydrogens is 364 g/mol. The van der Waals surface area contributed by atoms with Crippen LogP contribution in [0.3, 0.4) is 0 Å². The van der Waals surface area contributed by atoms with Crippen molar-refractivity contribution in [2.45, 2.75) is 6.54 Å². The van der Waals surface area contributed by atoms with Crippen LogP contribution in [-0.4, -0.2) is 41.9 Å². The molecule has 0 radical (unpaired) electrons. The largest absolute Gasteiger partial charge is 0.337 e. The molecule has 24 heavy (non-hydrogen) atoms. The number of piperazine rings is 1. The summed E-state index contributed by atoms with van der Waals surface area (Å²) in [4.78, 5) is 16.6. The van der Waals surface area contributed by atoms with Crippen molar-refractivity contribution in [2.75, 3.05) is 26.2 Å². The van der Waals surface area contributed by atoms with Gasteiger partial charge in [-0.1, -0.05) is 58.4 Å². The summed E-state index contributed by atoms with van der Waals surface area (Å²) < 4.78 is 1.10. The van der Waals surface area contributed by atoms with Gasteiger partial charge in [0.2, 0.25) is 5.91 Å². The highest BCUT2D eigenvalue weighted by Gasteiger charge is 2.19. The van der Waals surface area contributed by atoms with E-state index in [1.54, 1.807) is 6.08 Å². The average molecular weight is 385 g/mol. The van der Waals surface area contributed by atoms with Crippen LogP contribution in [0.2, 0.25) is 0 Å². The molecule has 1 aliphatic heterocycles. The first-order valence-corrected chi connectivity index (χ1v) is 8.99. The fraction of sp³-hybridized carbons (Fsp3) is 0.250. The van der Waals surface area contributed by atoms with Gasteiger partial charge in [0.15, 0.2) is 0 Å². The van der Waals surface area contributed by atoms with Crippen LogP contribution in [0.15, 0.2) is 65.1 Å². The van der Waals surface area contributed by atoms with Crippen molar-refractivity contribution in [1.29, 1.82) is 0 Å². The molecule has 1 amide bonds. The van der Waals surface area contributed by atoms with Crippen LogP contribution in [0.4, 0.5) is 0 Å². The van der Waals surface area contributed by atoms with E-state index in [1.807, 2.05) is 41.3 Å². The summed E-state index contributed by atoms with van der Waals surface area (Å²) in [6, 6.07) is 18.4. The number of carbonyl (C=O) groups excluding carboxylic acids is 1. The van der Waals surface area contributed by atoms with E-state index in [0.717, 1.165) is 42.8 Å². The summed E-state index contributed by atoms with van der Waals surface area (Å²) in [6.45, 7) is 4.35. The van der Waals surface area contributed by atoms with Crippen LogP contribution < -0.4 is 0 Å². The molecule has 0 atom stereocenters. The Balaban J connectivity index is 1.48. The number of benzene rings is 2. The SMILES string of the molecule is O=C(C=Cc1ccccc1)N1CCN(Cc2ccc(Br)cc2)CC1. The van der Waals surface area contributed by atoms with Crippen molar-refractivity contribution in [3.63, 3.8) is 0 Å². The number of amides is 1. The predicted octanol–water partition coefficient (Wildman–Crippen LogP) is 3.81. The normalized spacial score (nSPS) is 15.8. The number of nitrogens with zero attached hydrogens (tertiary/aromatic N) is 2. The Labute approximate surface area is 151 Å². The van der Waals surface area contributed by atoms with Gasteiger partial charge in [0, 0.05) is 43.3 Å². The minimum atomic E-state index is 0.0992. The lowest BCUT2D eigenvalue weighted by Gasteiger charge is -2.34. The first-order valence-electron chi connectivity index (χ1n) is 8.19. The van der Waals surface area contributed by atoms with Crippen LogP contribution in [0.1, 0.15) is 11.1 Å². The molecule has 0 N–H and O–H groups in total. The summed E-state index contributed by atoms with van der Waals surface area (Å²) >= 11 is 3.46. The molecule has 0 aliphatic carbocycles. The summed E-state index contributed by atoms with van der Waals surface area (Å²) in [5.74, 6) is 0.0992. The second-order valence-corrected chi connectivity index (χ2v) is 6.89. The summed E-state index contributed by atoms with van der Waals surface area (Å²) in [5, 5.41) is 0. The zero-order valence-corrected chi connectivity index (χ0v) is 15.2. The first kappa shape index (κ1) is 16.9. The molecule has 0 unspecified atom stereocenters. The lowest BCUT2D eigenvalue weighted by molar-refractivity contribution is -0.127. The minimum absolute atomic E-state index is 0.0992. The van der Waals surface area contributed by atoms with Crippen molar-refractivity contribution in [3.8, 4) is 0 Å². The standard InChI is InChI=1S/C20H21BrN2O/c21-19-9-6-18(7-10-19)16-22-12-14-23(15-13-22)20(24)11-8-17-4-2-1-3-5-17/h1-11H,12-16H2. The lowest BCUT2D eigenvalue weighted by Crippen LogP contribution is -2.47. The Morgan fingerprint density at radius 3 is 2.29 bits per heavy atom. The summed E-state index contributed by atoms with van der Waals surface area (Å²) in [6.07, 6.45) is 3.57. The smallest absolute Gasteiger partial charge is 0.246 e. The number of rotatable bonds is 4. The maximum Gasteiger partial charge on any atom is 0.246 e. The molecule has 2 aromatic carbocycles. The van der Waals surface area contributed by atoms with E-state index in [4.69, 9.17) is 0 Å². The van der Waals surface area contributed by atoms with E-state index < -0.39 is 0 Å². The Morgan fingerprint density at radius 2 is 1.62 bits per heavy atom. The predicted molar refractivity (Wildman–Crippen MR) is 101 cm³/mol.